The smallest absolute Gasteiger partial charge is 0.323 e. The first-order valence-electron chi connectivity index (χ1n) is 7.02. The first-order valence-corrected chi connectivity index (χ1v) is 7.02. The summed E-state index contributed by atoms with van der Waals surface area (Å²) < 4.78 is 12.8. The molecule has 21 heavy (non-hydrogen) atoms. The largest absolute Gasteiger partial charge is 0.480 e. The minimum Gasteiger partial charge on any atom is -0.480 e. The van der Waals surface area contributed by atoms with Gasteiger partial charge in [-0.15, -0.1) is 0 Å². The SMILES string of the molecule is O=C(O)CN(C(=O)/C=C/c1ccc(F)cc1)C1CCCC1. The molecular weight excluding hydrogens is 273 g/mol. The number of carbonyl (C=O) groups is 2. The van der Waals surface area contributed by atoms with Crippen molar-refractivity contribution in [3.63, 3.8) is 0 Å². The lowest BCUT2D eigenvalue weighted by Gasteiger charge is -2.26. The zero-order chi connectivity index (χ0) is 15.2. The quantitative estimate of drug-likeness (QED) is 0.849. The Kier molecular flexibility index (Phi) is 5.09. The van der Waals surface area contributed by atoms with Crippen LogP contribution in [0.3, 0.4) is 0 Å². The Bertz CT molecular complexity index is 533. The molecule has 5 heteroatoms. The fraction of sp³-hybridized carbons (Fsp3) is 0.375. The number of carboxylic acids is 1. The second-order valence-corrected chi connectivity index (χ2v) is 5.18. The van der Waals surface area contributed by atoms with E-state index in [1.54, 1.807) is 18.2 Å². The maximum absolute atomic E-state index is 12.8. The number of halogens is 1. The molecule has 0 aliphatic heterocycles. The number of amides is 1. The Balaban J connectivity index is 2.06. The van der Waals surface area contributed by atoms with Crippen LogP contribution in [0.2, 0.25) is 0 Å². The molecule has 1 amide bonds. The van der Waals surface area contributed by atoms with Crippen LogP contribution in [0, 0.1) is 5.82 Å². The standard InChI is InChI=1S/C16H18FNO3/c17-13-8-5-12(6-9-13)7-10-15(19)18(11-16(20)21)14-3-1-2-4-14/h5-10,14H,1-4,11H2,(H,20,21)/b10-7+. The summed E-state index contributed by atoms with van der Waals surface area (Å²) >= 11 is 0. The maximum atomic E-state index is 12.8. The zero-order valence-electron chi connectivity index (χ0n) is 11.7. The molecule has 4 nitrogen and oxygen atoms in total. The van der Waals surface area contributed by atoms with Gasteiger partial charge in [0.15, 0.2) is 0 Å². The average molecular weight is 291 g/mol. The van der Waals surface area contributed by atoms with Crippen molar-refractivity contribution in [2.24, 2.45) is 0 Å². The molecule has 1 aliphatic rings. The van der Waals surface area contributed by atoms with E-state index in [-0.39, 0.29) is 24.3 Å². The lowest BCUT2D eigenvalue weighted by Crippen LogP contribution is -2.41. The average Bonchev–Trinajstić information content (AvgIpc) is 2.97. The molecule has 1 saturated carbocycles. The van der Waals surface area contributed by atoms with Crippen LogP contribution >= 0.6 is 0 Å². The van der Waals surface area contributed by atoms with Gasteiger partial charge >= 0.3 is 5.97 Å². The van der Waals surface area contributed by atoms with E-state index in [1.165, 1.54) is 23.1 Å². The molecular formula is C16H18FNO3. The van der Waals surface area contributed by atoms with Crippen LogP contribution in [0.5, 0.6) is 0 Å². The molecule has 0 unspecified atom stereocenters. The molecule has 0 atom stereocenters. The highest BCUT2D eigenvalue weighted by atomic mass is 19.1. The number of nitrogens with zero attached hydrogens (tertiary/aromatic N) is 1. The predicted octanol–water partition coefficient (Wildman–Crippen LogP) is 2.69. The fourth-order valence-corrected chi connectivity index (χ4v) is 2.59. The first-order chi connectivity index (χ1) is 10.1. The molecule has 0 saturated heterocycles. The molecule has 112 valence electrons. The molecule has 0 aromatic heterocycles. The van der Waals surface area contributed by atoms with Crippen LogP contribution in [-0.2, 0) is 9.59 Å². The highest BCUT2D eigenvalue weighted by Gasteiger charge is 2.26. The summed E-state index contributed by atoms with van der Waals surface area (Å²) in [6.45, 7) is -0.280. The highest BCUT2D eigenvalue weighted by molar-refractivity contribution is 5.93. The van der Waals surface area contributed by atoms with Gasteiger partial charge in [0.05, 0.1) is 0 Å². The van der Waals surface area contributed by atoms with Gasteiger partial charge in [0.25, 0.3) is 0 Å². The van der Waals surface area contributed by atoms with E-state index in [0.717, 1.165) is 25.7 Å². The Morgan fingerprint density at radius 2 is 1.86 bits per heavy atom. The molecule has 2 rings (SSSR count). The monoisotopic (exact) mass is 291 g/mol. The van der Waals surface area contributed by atoms with Crippen molar-refractivity contribution in [1.29, 1.82) is 0 Å². The third-order valence-corrected chi connectivity index (χ3v) is 3.64. The van der Waals surface area contributed by atoms with Crippen LogP contribution in [0.15, 0.2) is 30.3 Å². The van der Waals surface area contributed by atoms with Gasteiger partial charge in [-0.25, -0.2) is 4.39 Å². The van der Waals surface area contributed by atoms with Gasteiger partial charge in [0.1, 0.15) is 12.4 Å². The van der Waals surface area contributed by atoms with Crippen LogP contribution in [0.4, 0.5) is 4.39 Å². The molecule has 0 bridgehead atoms. The summed E-state index contributed by atoms with van der Waals surface area (Å²) in [6, 6.07) is 5.77. The van der Waals surface area contributed by atoms with Gasteiger partial charge in [-0.3, -0.25) is 9.59 Å². The molecule has 1 N–H and O–H groups in total. The summed E-state index contributed by atoms with van der Waals surface area (Å²) in [6.07, 6.45) is 6.68. The molecule has 0 heterocycles. The number of aliphatic carboxylic acids is 1. The van der Waals surface area contributed by atoms with E-state index in [4.69, 9.17) is 5.11 Å². The van der Waals surface area contributed by atoms with Crippen LogP contribution in [-0.4, -0.2) is 34.5 Å². The predicted molar refractivity (Wildman–Crippen MR) is 77.0 cm³/mol. The third kappa shape index (κ3) is 4.41. The number of carbonyl (C=O) groups excluding carboxylic acids is 1. The summed E-state index contributed by atoms with van der Waals surface area (Å²) in [4.78, 5) is 24.5. The highest BCUT2D eigenvalue weighted by Crippen LogP contribution is 2.23. The molecule has 0 spiro atoms. The second kappa shape index (κ2) is 7.02. The van der Waals surface area contributed by atoms with Gasteiger partial charge in [-0.2, -0.15) is 0 Å². The molecule has 1 aliphatic carbocycles. The Morgan fingerprint density at radius 3 is 2.43 bits per heavy atom. The first kappa shape index (κ1) is 15.2. The van der Waals surface area contributed by atoms with Crippen LogP contribution < -0.4 is 0 Å². The number of hydrogen-bond acceptors (Lipinski definition) is 2. The lowest BCUT2D eigenvalue weighted by atomic mass is 10.1. The summed E-state index contributed by atoms with van der Waals surface area (Å²) in [5.74, 6) is -1.66. The third-order valence-electron chi connectivity index (χ3n) is 3.64. The summed E-state index contributed by atoms with van der Waals surface area (Å²) in [7, 11) is 0. The van der Waals surface area contributed by atoms with Gasteiger partial charge in [-0.1, -0.05) is 25.0 Å². The Labute approximate surface area is 122 Å². The molecule has 0 radical (unpaired) electrons. The Morgan fingerprint density at radius 1 is 1.24 bits per heavy atom. The van der Waals surface area contributed by atoms with Crippen molar-refractivity contribution >= 4 is 18.0 Å². The molecule has 1 fully saturated rings. The second-order valence-electron chi connectivity index (χ2n) is 5.18. The van der Waals surface area contributed by atoms with E-state index in [9.17, 15) is 14.0 Å². The minimum absolute atomic E-state index is 0.00599. The normalized spacial score (nSPS) is 15.5. The van der Waals surface area contributed by atoms with Crippen molar-refractivity contribution in [3.8, 4) is 0 Å². The van der Waals surface area contributed by atoms with Crippen LogP contribution in [0.1, 0.15) is 31.2 Å². The number of benzene rings is 1. The number of rotatable bonds is 5. The maximum Gasteiger partial charge on any atom is 0.323 e. The Hall–Kier alpha value is -2.17. The fourth-order valence-electron chi connectivity index (χ4n) is 2.59. The van der Waals surface area contributed by atoms with E-state index >= 15 is 0 Å². The molecule has 1 aromatic rings. The van der Waals surface area contributed by atoms with Gasteiger partial charge < -0.3 is 10.0 Å². The van der Waals surface area contributed by atoms with E-state index in [1.807, 2.05) is 0 Å². The topological polar surface area (TPSA) is 57.6 Å². The summed E-state index contributed by atoms with van der Waals surface area (Å²) in [5, 5.41) is 8.95. The zero-order valence-corrected chi connectivity index (χ0v) is 11.7. The molecule has 1 aromatic carbocycles. The number of carboxylic acid groups (broad SMARTS) is 1. The van der Waals surface area contributed by atoms with Crippen molar-refractivity contribution in [2.75, 3.05) is 6.54 Å². The van der Waals surface area contributed by atoms with Gasteiger partial charge in [0, 0.05) is 12.1 Å². The van der Waals surface area contributed by atoms with E-state index in [0.29, 0.717) is 5.56 Å². The lowest BCUT2D eigenvalue weighted by molar-refractivity contribution is -0.144. The van der Waals surface area contributed by atoms with Crippen molar-refractivity contribution in [1.82, 2.24) is 4.90 Å². The van der Waals surface area contributed by atoms with Crippen molar-refractivity contribution in [3.05, 3.63) is 41.7 Å². The van der Waals surface area contributed by atoms with Crippen molar-refractivity contribution in [2.45, 2.75) is 31.7 Å². The van der Waals surface area contributed by atoms with Gasteiger partial charge in [-0.05, 0) is 36.6 Å². The van der Waals surface area contributed by atoms with Crippen LogP contribution in [0.25, 0.3) is 6.08 Å². The van der Waals surface area contributed by atoms with E-state index in [2.05, 4.69) is 0 Å². The van der Waals surface area contributed by atoms with Gasteiger partial charge in [0.2, 0.25) is 5.91 Å². The number of hydrogen-bond donors (Lipinski definition) is 1. The minimum atomic E-state index is -1.01. The van der Waals surface area contributed by atoms with Crippen molar-refractivity contribution < 1.29 is 19.1 Å². The summed E-state index contributed by atoms with van der Waals surface area (Å²) in [5.41, 5.74) is 0.700. The van der Waals surface area contributed by atoms with E-state index < -0.39 is 5.97 Å².